The summed E-state index contributed by atoms with van der Waals surface area (Å²) >= 11 is 6.36. The highest BCUT2D eigenvalue weighted by Gasteiger charge is 2.27. The summed E-state index contributed by atoms with van der Waals surface area (Å²) in [6, 6.07) is 5.17. The molecule has 1 aromatic carbocycles. The van der Waals surface area contributed by atoms with Crippen LogP contribution in [-0.2, 0) is 10.0 Å². The highest BCUT2D eigenvalue weighted by molar-refractivity contribution is 7.88. The number of carbonyl (C=O) groups excluding carboxylic acids is 1. The Morgan fingerprint density at radius 3 is 2.48 bits per heavy atom. The predicted octanol–water partition coefficient (Wildman–Crippen LogP) is 3.01. The Hall–Kier alpha value is -1.31. The van der Waals surface area contributed by atoms with Gasteiger partial charge in [0.2, 0.25) is 10.0 Å². The third kappa shape index (κ3) is 5.15. The second-order valence-electron chi connectivity index (χ2n) is 7.62. The summed E-state index contributed by atoms with van der Waals surface area (Å²) in [7, 11) is -3.15. The molecule has 1 aromatic rings. The SMILES string of the molecule is CC1CCCN(C(=O)c2ccc(OC3CCN(S(C)(=O)=O)CC3)c(Cl)c2)C1. The van der Waals surface area contributed by atoms with E-state index in [1.165, 1.54) is 10.6 Å². The van der Waals surface area contributed by atoms with Crippen molar-refractivity contribution < 1.29 is 17.9 Å². The van der Waals surface area contributed by atoms with Crippen LogP contribution >= 0.6 is 11.6 Å². The highest BCUT2D eigenvalue weighted by Crippen LogP contribution is 2.29. The Balaban J connectivity index is 1.61. The molecular weight excluding hydrogens is 388 g/mol. The number of piperidine rings is 2. The Morgan fingerprint density at radius 1 is 1.19 bits per heavy atom. The van der Waals surface area contributed by atoms with Gasteiger partial charge < -0.3 is 9.64 Å². The second-order valence-corrected chi connectivity index (χ2v) is 10.0. The van der Waals surface area contributed by atoms with Crippen LogP contribution in [0.4, 0.5) is 0 Å². The van der Waals surface area contributed by atoms with Crippen LogP contribution in [0.15, 0.2) is 18.2 Å². The Morgan fingerprint density at radius 2 is 1.89 bits per heavy atom. The summed E-state index contributed by atoms with van der Waals surface area (Å²) in [5, 5.41) is 0.413. The van der Waals surface area contributed by atoms with Crippen LogP contribution in [0.25, 0.3) is 0 Å². The second kappa shape index (κ2) is 8.37. The predicted molar refractivity (Wildman–Crippen MR) is 106 cm³/mol. The van der Waals surface area contributed by atoms with Crippen molar-refractivity contribution in [3.05, 3.63) is 28.8 Å². The molecule has 2 aliphatic rings. The van der Waals surface area contributed by atoms with Crippen LogP contribution in [-0.4, -0.2) is 62.1 Å². The molecule has 0 N–H and O–H groups in total. The van der Waals surface area contributed by atoms with Gasteiger partial charge in [-0.25, -0.2) is 12.7 Å². The zero-order valence-electron chi connectivity index (χ0n) is 15.9. The molecule has 1 amide bonds. The highest BCUT2D eigenvalue weighted by atomic mass is 35.5. The average molecular weight is 415 g/mol. The van der Waals surface area contributed by atoms with Gasteiger partial charge in [-0.2, -0.15) is 0 Å². The van der Waals surface area contributed by atoms with E-state index in [0.29, 0.717) is 48.2 Å². The maximum atomic E-state index is 12.7. The van der Waals surface area contributed by atoms with Crippen molar-refractivity contribution in [2.75, 3.05) is 32.4 Å². The molecule has 2 aliphatic heterocycles. The molecule has 6 nitrogen and oxygen atoms in total. The quantitative estimate of drug-likeness (QED) is 0.759. The summed E-state index contributed by atoms with van der Waals surface area (Å²) in [6.07, 6.45) is 4.59. The van der Waals surface area contributed by atoms with E-state index in [4.69, 9.17) is 16.3 Å². The normalized spacial score (nSPS) is 22.6. The molecule has 1 unspecified atom stereocenters. The molecular formula is C19H27ClN2O4S. The molecule has 8 heteroatoms. The molecule has 27 heavy (non-hydrogen) atoms. The van der Waals surface area contributed by atoms with Gasteiger partial charge in [0.05, 0.1) is 11.3 Å². The average Bonchev–Trinajstić information content (AvgIpc) is 2.62. The van der Waals surface area contributed by atoms with Crippen LogP contribution in [0.2, 0.25) is 5.02 Å². The largest absolute Gasteiger partial charge is 0.489 e. The fourth-order valence-corrected chi connectivity index (χ4v) is 4.85. The van der Waals surface area contributed by atoms with E-state index in [-0.39, 0.29) is 12.0 Å². The minimum Gasteiger partial charge on any atom is -0.489 e. The van der Waals surface area contributed by atoms with Gasteiger partial charge >= 0.3 is 0 Å². The first-order chi connectivity index (χ1) is 12.7. The smallest absolute Gasteiger partial charge is 0.253 e. The van der Waals surface area contributed by atoms with E-state index < -0.39 is 10.0 Å². The van der Waals surface area contributed by atoms with Crippen LogP contribution in [0.5, 0.6) is 5.75 Å². The first-order valence-corrected chi connectivity index (χ1v) is 11.7. The zero-order chi connectivity index (χ0) is 19.6. The van der Waals surface area contributed by atoms with E-state index in [0.717, 1.165) is 25.9 Å². The number of halogens is 1. The number of hydrogen-bond acceptors (Lipinski definition) is 4. The van der Waals surface area contributed by atoms with Crippen molar-refractivity contribution in [1.82, 2.24) is 9.21 Å². The molecule has 0 bridgehead atoms. The van der Waals surface area contributed by atoms with Crippen molar-refractivity contribution in [2.24, 2.45) is 5.92 Å². The van der Waals surface area contributed by atoms with Gasteiger partial charge in [-0.05, 0) is 49.8 Å². The Labute approximate surface area is 166 Å². The van der Waals surface area contributed by atoms with Crippen molar-refractivity contribution >= 4 is 27.5 Å². The number of sulfonamides is 1. The van der Waals surface area contributed by atoms with Crippen molar-refractivity contribution in [3.8, 4) is 5.75 Å². The van der Waals surface area contributed by atoms with E-state index in [2.05, 4.69) is 6.92 Å². The van der Waals surface area contributed by atoms with Gasteiger partial charge in [0.15, 0.2) is 0 Å². The first kappa shape index (κ1) is 20.4. The minimum atomic E-state index is -3.15. The molecule has 2 fully saturated rings. The topological polar surface area (TPSA) is 66.9 Å². The monoisotopic (exact) mass is 414 g/mol. The van der Waals surface area contributed by atoms with E-state index >= 15 is 0 Å². The molecule has 3 rings (SSSR count). The number of ether oxygens (including phenoxy) is 1. The lowest BCUT2D eigenvalue weighted by molar-refractivity contribution is 0.0683. The van der Waals surface area contributed by atoms with Gasteiger partial charge in [-0.1, -0.05) is 18.5 Å². The zero-order valence-corrected chi connectivity index (χ0v) is 17.4. The first-order valence-electron chi connectivity index (χ1n) is 9.44. The Kier molecular flexibility index (Phi) is 6.33. The van der Waals surface area contributed by atoms with Gasteiger partial charge in [0.25, 0.3) is 5.91 Å². The number of benzene rings is 1. The van der Waals surface area contributed by atoms with E-state index in [1.807, 2.05) is 4.90 Å². The summed E-state index contributed by atoms with van der Waals surface area (Å²) in [4.78, 5) is 14.6. The summed E-state index contributed by atoms with van der Waals surface area (Å²) in [5.41, 5.74) is 0.577. The lowest BCUT2D eigenvalue weighted by atomic mass is 9.99. The number of rotatable bonds is 4. The molecule has 0 aliphatic carbocycles. The number of likely N-dealkylation sites (tertiary alicyclic amines) is 1. The van der Waals surface area contributed by atoms with Gasteiger partial charge in [-0.15, -0.1) is 0 Å². The van der Waals surface area contributed by atoms with Crippen LogP contribution in [0.1, 0.15) is 43.0 Å². The number of amides is 1. The molecule has 2 saturated heterocycles. The molecule has 0 aromatic heterocycles. The van der Waals surface area contributed by atoms with E-state index in [9.17, 15) is 13.2 Å². The standard InChI is InChI=1S/C19H27ClN2O4S/c1-14-4-3-9-21(13-14)19(23)15-5-6-18(17(20)12-15)26-16-7-10-22(11-8-16)27(2,24)25/h5-6,12,14,16H,3-4,7-11,13H2,1-2H3. The van der Waals surface area contributed by atoms with Crippen molar-refractivity contribution in [2.45, 2.75) is 38.7 Å². The van der Waals surface area contributed by atoms with Crippen LogP contribution in [0, 0.1) is 5.92 Å². The molecule has 1 atom stereocenters. The molecule has 0 saturated carbocycles. The van der Waals surface area contributed by atoms with Crippen LogP contribution < -0.4 is 4.74 Å². The molecule has 0 spiro atoms. The summed E-state index contributed by atoms with van der Waals surface area (Å²) in [5.74, 6) is 1.08. The number of hydrogen-bond donors (Lipinski definition) is 0. The molecule has 2 heterocycles. The van der Waals surface area contributed by atoms with Crippen molar-refractivity contribution in [3.63, 3.8) is 0 Å². The molecule has 150 valence electrons. The maximum Gasteiger partial charge on any atom is 0.253 e. The lowest BCUT2D eigenvalue weighted by Gasteiger charge is -2.31. The summed E-state index contributed by atoms with van der Waals surface area (Å²) in [6.45, 7) is 4.64. The summed E-state index contributed by atoms with van der Waals surface area (Å²) < 4.78 is 30.6. The molecule has 0 radical (unpaired) electrons. The van der Waals surface area contributed by atoms with Gasteiger partial charge in [0, 0.05) is 31.7 Å². The lowest BCUT2D eigenvalue weighted by Crippen LogP contribution is -2.41. The number of nitrogens with zero attached hydrogens (tertiary/aromatic N) is 2. The fraction of sp³-hybridized carbons (Fsp3) is 0.632. The fourth-order valence-electron chi connectivity index (χ4n) is 3.75. The minimum absolute atomic E-state index is 0.0106. The third-order valence-corrected chi connectivity index (χ3v) is 6.89. The van der Waals surface area contributed by atoms with E-state index in [1.54, 1.807) is 18.2 Å². The Bertz CT molecular complexity index is 791. The van der Waals surface area contributed by atoms with Crippen LogP contribution in [0.3, 0.4) is 0 Å². The maximum absolute atomic E-state index is 12.7. The number of carbonyl (C=O) groups is 1. The van der Waals surface area contributed by atoms with Gasteiger partial charge in [0.1, 0.15) is 11.9 Å². The van der Waals surface area contributed by atoms with Crippen molar-refractivity contribution in [1.29, 1.82) is 0 Å². The third-order valence-electron chi connectivity index (χ3n) is 5.29. The van der Waals surface area contributed by atoms with Gasteiger partial charge in [-0.3, -0.25) is 4.79 Å².